The first-order valence-corrected chi connectivity index (χ1v) is 7.19. The zero-order valence-corrected chi connectivity index (χ0v) is 13.2. The molecule has 5 heteroatoms. The lowest BCUT2D eigenvalue weighted by Crippen LogP contribution is -2.56. The molecular weight excluding hydrogens is 268 g/mol. The molecule has 0 aromatic heterocycles. The molecule has 1 N–H and O–H groups in total. The fourth-order valence-corrected chi connectivity index (χ4v) is 2.99. The van der Waals surface area contributed by atoms with Gasteiger partial charge < -0.3 is 19.6 Å². The third kappa shape index (κ3) is 2.97. The molecule has 0 saturated heterocycles. The average molecular weight is 292 g/mol. The van der Waals surface area contributed by atoms with Crippen LogP contribution >= 0.6 is 0 Å². The van der Waals surface area contributed by atoms with E-state index in [4.69, 9.17) is 4.74 Å². The number of carboxylic acid groups (broad SMARTS) is 1. The maximum Gasteiger partial charge on any atom is 0.337 e. The fourth-order valence-electron chi connectivity index (χ4n) is 2.99. The molecule has 1 aromatic carbocycles. The van der Waals surface area contributed by atoms with E-state index in [2.05, 4.69) is 19.0 Å². The molecule has 2 rings (SSSR count). The third-order valence-corrected chi connectivity index (χ3v) is 4.61. The van der Waals surface area contributed by atoms with Gasteiger partial charge in [-0.15, -0.1) is 0 Å². The van der Waals surface area contributed by atoms with Gasteiger partial charge in [0, 0.05) is 25.2 Å². The van der Waals surface area contributed by atoms with E-state index >= 15 is 0 Å². The summed E-state index contributed by atoms with van der Waals surface area (Å²) in [7, 11) is 7.73. The van der Waals surface area contributed by atoms with Crippen LogP contribution in [-0.4, -0.2) is 56.3 Å². The molecule has 0 radical (unpaired) electrons. The molecule has 0 atom stereocenters. The second-order valence-electron chi connectivity index (χ2n) is 6.02. The van der Waals surface area contributed by atoms with Crippen LogP contribution in [0, 0.1) is 0 Å². The molecule has 5 nitrogen and oxygen atoms in total. The number of likely N-dealkylation sites (N-methyl/N-ethyl adjacent to an activating group) is 2. The Hall–Kier alpha value is -1.75. The Kier molecular flexibility index (Phi) is 4.42. The van der Waals surface area contributed by atoms with Crippen molar-refractivity contribution in [2.45, 2.75) is 24.8 Å². The van der Waals surface area contributed by atoms with Gasteiger partial charge in [-0.3, -0.25) is 0 Å². The third-order valence-electron chi connectivity index (χ3n) is 4.61. The number of hydrogen-bond donors (Lipinski definition) is 1. The molecule has 1 fully saturated rings. The van der Waals surface area contributed by atoms with Gasteiger partial charge in [-0.25, -0.2) is 4.79 Å². The van der Waals surface area contributed by atoms with E-state index in [1.165, 1.54) is 6.42 Å². The Labute approximate surface area is 126 Å². The van der Waals surface area contributed by atoms with E-state index in [0.29, 0.717) is 17.0 Å². The average Bonchev–Trinajstić information content (AvgIpc) is 2.41. The van der Waals surface area contributed by atoms with Crippen molar-refractivity contribution in [3.05, 3.63) is 23.8 Å². The van der Waals surface area contributed by atoms with Crippen LogP contribution in [0.4, 0.5) is 5.69 Å². The largest absolute Gasteiger partial charge is 0.497 e. The second-order valence-corrected chi connectivity index (χ2v) is 6.02. The Morgan fingerprint density at radius 3 is 2.43 bits per heavy atom. The molecule has 0 spiro atoms. The molecule has 1 aliphatic rings. The Morgan fingerprint density at radius 1 is 1.33 bits per heavy atom. The summed E-state index contributed by atoms with van der Waals surface area (Å²) in [5.41, 5.74) is 1.16. The quantitative estimate of drug-likeness (QED) is 0.872. The van der Waals surface area contributed by atoms with Gasteiger partial charge >= 0.3 is 5.97 Å². The first-order chi connectivity index (χ1) is 9.89. The standard InChI is InChI=1S/C16H24N2O3/c1-17(2)16(8-5-9-16)11-18(3)14-10-12(21-4)6-7-13(14)15(19)20/h6-7,10H,5,8-9,11H2,1-4H3,(H,19,20). The maximum atomic E-state index is 11.4. The molecule has 0 heterocycles. The smallest absolute Gasteiger partial charge is 0.337 e. The molecule has 0 amide bonds. The number of carboxylic acids is 1. The van der Waals surface area contributed by atoms with E-state index in [0.717, 1.165) is 19.4 Å². The minimum atomic E-state index is -0.910. The van der Waals surface area contributed by atoms with Gasteiger partial charge in [-0.05, 0) is 45.5 Å². The number of methoxy groups -OCH3 is 1. The molecule has 1 aliphatic carbocycles. The van der Waals surface area contributed by atoms with Crippen LogP contribution in [0.5, 0.6) is 5.75 Å². The van der Waals surface area contributed by atoms with Crippen molar-refractivity contribution in [3.8, 4) is 5.75 Å². The molecule has 0 aliphatic heterocycles. The number of carbonyl (C=O) groups is 1. The zero-order valence-electron chi connectivity index (χ0n) is 13.2. The summed E-state index contributed by atoms with van der Waals surface area (Å²) in [6, 6.07) is 5.09. The zero-order chi connectivity index (χ0) is 15.6. The van der Waals surface area contributed by atoms with Crippen molar-refractivity contribution in [3.63, 3.8) is 0 Å². The van der Waals surface area contributed by atoms with Crippen LogP contribution in [0.2, 0.25) is 0 Å². The summed E-state index contributed by atoms with van der Waals surface area (Å²) >= 11 is 0. The van der Waals surface area contributed by atoms with Crippen molar-refractivity contribution in [2.24, 2.45) is 0 Å². The molecule has 1 aromatic rings. The van der Waals surface area contributed by atoms with Gasteiger partial charge in [-0.2, -0.15) is 0 Å². The highest BCUT2D eigenvalue weighted by molar-refractivity contribution is 5.94. The predicted molar refractivity (Wildman–Crippen MR) is 83.5 cm³/mol. The first kappa shape index (κ1) is 15.6. The van der Waals surface area contributed by atoms with Crippen LogP contribution in [0.1, 0.15) is 29.6 Å². The molecule has 116 valence electrons. The summed E-state index contributed by atoms with van der Waals surface area (Å²) in [4.78, 5) is 15.7. The Balaban J connectivity index is 2.29. The van der Waals surface area contributed by atoms with Gasteiger partial charge in [0.2, 0.25) is 0 Å². The number of aromatic carboxylic acids is 1. The van der Waals surface area contributed by atoms with Crippen LogP contribution in [0.25, 0.3) is 0 Å². The fraction of sp³-hybridized carbons (Fsp3) is 0.562. The van der Waals surface area contributed by atoms with Crippen LogP contribution in [-0.2, 0) is 0 Å². The van der Waals surface area contributed by atoms with Crippen molar-refractivity contribution in [1.29, 1.82) is 0 Å². The Morgan fingerprint density at radius 2 is 2.00 bits per heavy atom. The molecular formula is C16H24N2O3. The van der Waals surface area contributed by atoms with Gasteiger partial charge in [0.15, 0.2) is 0 Å². The van der Waals surface area contributed by atoms with E-state index in [1.807, 2.05) is 11.9 Å². The summed E-state index contributed by atoms with van der Waals surface area (Å²) < 4.78 is 5.23. The van der Waals surface area contributed by atoms with Crippen LogP contribution in [0.3, 0.4) is 0 Å². The topological polar surface area (TPSA) is 53.0 Å². The second kappa shape index (κ2) is 5.93. The van der Waals surface area contributed by atoms with Gasteiger partial charge in [-0.1, -0.05) is 0 Å². The molecule has 1 saturated carbocycles. The van der Waals surface area contributed by atoms with E-state index in [9.17, 15) is 9.90 Å². The van der Waals surface area contributed by atoms with Gasteiger partial charge in [0.25, 0.3) is 0 Å². The molecule has 21 heavy (non-hydrogen) atoms. The van der Waals surface area contributed by atoms with E-state index in [1.54, 1.807) is 25.3 Å². The maximum absolute atomic E-state index is 11.4. The summed E-state index contributed by atoms with van der Waals surface area (Å²) in [5, 5.41) is 9.38. The lowest BCUT2D eigenvalue weighted by atomic mass is 9.75. The van der Waals surface area contributed by atoms with E-state index < -0.39 is 5.97 Å². The number of nitrogens with zero attached hydrogens (tertiary/aromatic N) is 2. The first-order valence-electron chi connectivity index (χ1n) is 7.19. The minimum Gasteiger partial charge on any atom is -0.497 e. The summed E-state index contributed by atoms with van der Waals surface area (Å²) in [6.45, 7) is 0.813. The Bertz CT molecular complexity index is 524. The summed E-state index contributed by atoms with van der Waals surface area (Å²) in [5.74, 6) is -0.235. The lowest BCUT2D eigenvalue weighted by molar-refractivity contribution is 0.0670. The number of rotatable bonds is 6. The van der Waals surface area contributed by atoms with Gasteiger partial charge in [0.05, 0.1) is 18.4 Å². The highest BCUT2D eigenvalue weighted by atomic mass is 16.5. The van der Waals surface area contributed by atoms with Gasteiger partial charge in [0.1, 0.15) is 5.75 Å². The summed E-state index contributed by atoms with van der Waals surface area (Å²) in [6.07, 6.45) is 3.53. The van der Waals surface area contributed by atoms with Crippen LogP contribution in [0.15, 0.2) is 18.2 Å². The minimum absolute atomic E-state index is 0.146. The molecule has 0 unspecified atom stereocenters. The lowest BCUT2D eigenvalue weighted by Gasteiger charge is -2.49. The number of ether oxygens (including phenoxy) is 1. The van der Waals surface area contributed by atoms with E-state index in [-0.39, 0.29) is 5.54 Å². The predicted octanol–water partition coefficient (Wildman–Crippen LogP) is 2.31. The van der Waals surface area contributed by atoms with Crippen molar-refractivity contribution in [2.75, 3.05) is 39.7 Å². The van der Waals surface area contributed by atoms with Crippen molar-refractivity contribution in [1.82, 2.24) is 4.90 Å². The molecule has 0 bridgehead atoms. The SMILES string of the molecule is COc1ccc(C(=O)O)c(N(C)CC2(N(C)C)CCC2)c1. The highest BCUT2D eigenvalue weighted by Gasteiger charge is 2.40. The highest BCUT2D eigenvalue weighted by Crippen LogP contribution is 2.38. The van der Waals surface area contributed by atoms with Crippen LogP contribution < -0.4 is 9.64 Å². The van der Waals surface area contributed by atoms with Crippen molar-refractivity contribution < 1.29 is 14.6 Å². The van der Waals surface area contributed by atoms with Crippen molar-refractivity contribution >= 4 is 11.7 Å². The number of benzene rings is 1. The monoisotopic (exact) mass is 292 g/mol. The normalized spacial score (nSPS) is 16.4. The number of anilines is 1. The number of hydrogen-bond acceptors (Lipinski definition) is 4.